The Balaban J connectivity index is 0.00000392. The van der Waals surface area contributed by atoms with Crippen molar-refractivity contribution in [2.45, 2.75) is 39.7 Å². The van der Waals surface area contributed by atoms with Crippen molar-refractivity contribution in [2.24, 2.45) is 4.99 Å². The van der Waals surface area contributed by atoms with Crippen LogP contribution in [0.25, 0.3) is 0 Å². The number of rotatable bonds is 10. The van der Waals surface area contributed by atoms with Crippen LogP contribution >= 0.6 is 24.0 Å². The number of guanidine groups is 1. The minimum Gasteiger partial charge on any atom is -0.494 e. The lowest BCUT2D eigenvalue weighted by molar-refractivity contribution is 0.0220. The van der Waals surface area contributed by atoms with Gasteiger partial charge in [0.15, 0.2) is 5.96 Å². The van der Waals surface area contributed by atoms with E-state index in [0.29, 0.717) is 6.04 Å². The molecule has 0 spiro atoms. The van der Waals surface area contributed by atoms with Gasteiger partial charge in [0.25, 0.3) is 0 Å². The molecule has 28 heavy (non-hydrogen) atoms. The molecule has 1 aliphatic rings. The van der Waals surface area contributed by atoms with E-state index in [-0.39, 0.29) is 24.0 Å². The Morgan fingerprint density at radius 2 is 2.04 bits per heavy atom. The summed E-state index contributed by atoms with van der Waals surface area (Å²) in [6.45, 7) is 13.4. The molecular weight excluding hydrogens is 467 g/mol. The summed E-state index contributed by atoms with van der Waals surface area (Å²) in [5.74, 6) is 1.84. The molecule has 0 amide bonds. The highest BCUT2D eigenvalue weighted by Crippen LogP contribution is 2.13. The zero-order valence-electron chi connectivity index (χ0n) is 17.6. The first-order valence-electron chi connectivity index (χ1n) is 10.3. The Kier molecular flexibility index (Phi) is 13.3. The molecule has 1 saturated heterocycles. The Hall–Kier alpha value is -1.06. The molecule has 0 saturated carbocycles. The van der Waals surface area contributed by atoms with Crippen molar-refractivity contribution in [3.8, 4) is 5.75 Å². The number of nitrogens with one attached hydrogen (secondary N) is 2. The van der Waals surface area contributed by atoms with Crippen LogP contribution in [0.2, 0.25) is 0 Å². The average molecular weight is 504 g/mol. The SMILES string of the molecule is CCCOc1cccc(CCNC(=NCC(C)N2CCOCC2)NCC)c1.I. The van der Waals surface area contributed by atoms with Crippen LogP contribution in [0.4, 0.5) is 0 Å². The molecule has 160 valence electrons. The fourth-order valence-electron chi connectivity index (χ4n) is 3.03. The molecule has 1 aromatic carbocycles. The van der Waals surface area contributed by atoms with Crippen LogP contribution in [-0.4, -0.2) is 69.4 Å². The van der Waals surface area contributed by atoms with E-state index in [1.807, 2.05) is 6.07 Å². The van der Waals surface area contributed by atoms with E-state index in [0.717, 1.165) is 77.1 Å². The zero-order chi connectivity index (χ0) is 19.3. The van der Waals surface area contributed by atoms with Crippen molar-refractivity contribution >= 4 is 29.9 Å². The first kappa shape index (κ1) is 25.0. The van der Waals surface area contributed by atoms with Gasteiger partial charge in [0.1, 0.15) is 5.75 Å². The van der Waals surface area contributed by atoms with Crippen LogP contribution in [-0.2, 0) is 11.2 Å². The highest BCUT2D eigenvalue weighted by molar-refractivity contribution is 14.0. The highest BCUT2D eigenvalue weighted by atomic mass is 127. The Labute approximate surface area is 187 Å². The van der Waals surface area contributed by atoms with Crippen LogP contribution in [0.1, 0.15) is 32.8 Å². The molecule has 1 unspecified atom stereocenters. The van der Waals surface area contributed by atoms with Crippen LogP contribution in [0.5, 0.6) is 5.75 Å². The van der Waals surface area contributed by atoms with Gasteiger partial charge in [-0.1, -0.05) is 19.1 Å². The smallest absolute Gasteiger partial charge is 0.191 e. The molecule has 6 nitrogen and oxygen atoms in total. The molecule has 0 bridgehead atoms. The molecule has 0 aromatic heterocycles. The van der Waals surface area contributed by atoms with Gasteiger partial charge in [-0.2, -0.15) is 0 Å². The van der Waals surface area contributed by atoms with E-state index < -0.39 is 0 Å². The lowest BCUT2D eigenvalue weighted by Crippen LogP contribution is -2.44. The number of nitrogens with zero attached hydrogens (tertiary/aromatic N) is 2. The number of benzene rings is 1. The molecule has 1 atom stereocenters. The fourth-order valence-corrected chi connectivity index (χ4v) is 3.03. The van der Waals surface area contributed by atoms with Crippen LogP contribution in [0.3, 0.4) is 0 Å². The number of halogens is 1. The maximum atomic E-state index is 5.71. The molecule has 1 aromatic rings. The van der Waals surface area contributed by atoms with Gasteiger partial charge in [0.2, 0.25) is 0 Å². The molecule has 1 fully saturated rings. The second kappa shape index (κ2) is 14.9. The Morgan fingerprint density at radius 1 is 1.25 bits per heavy atom. The van der Waals surface area contributed by atoms with Gasteiger partial charge in [-0.3, -0.25) is 9.89 Å². The average Bonchev–Trinajstić information content (AvgIpc) is 2.71. The number of hydrogen-bond donors (Lipinski definition) is 2. The quantitative estimate of drug-likeness (QED) is 0.292. The summed E-state index contributed by atoms with van der Waals surface area (Å²) >= 11 is 0. The first-order chi connectivity index (χ1) is 13.2. The number of hydrogen-bond acceptors (Lipinski definition) is 4. The predicted octanol–water partition coefficient (Wildman–Crippen LogP) is 2.91. The summed E-state index contributed by atoms with van der Waals surface area (Å²) in [5.41, 5.74) is 1.27. The van der Waals surface area contributed by atoms with Gasteiger partial charge in [-0.15, -0.1) is 24.0 Å². The Bertz CT molecular complexity index is 565. The van der Waals surface area contributed by atoms with Gasteiger partial charge >= 0.3 is 0 Å². The van der Waals surface area contributed by atoms with Crippen molar-refractivity contribution in [3.63, 3.8) is 0 Å². The summed E-state index contributed by atoms with van der Waals surface area (Å²) < 4.78 is 11.1. The van der Waals surface area contributed by atoms with Crippen molar-refractivity contribution in [2.75, 3.05) is 52.5 Å². The van der Waals surface area contributed by atoms with E-state index in [9.17, 15) is 0 Å². The summed E-state index contributed by atoms with van der Waals surface area (Å²) in [6, 6.07) is 8.78. The number of morpholine rings is 1. The second-order valence-electron chi connectivity index (χ2n) is 6.89. The zero-order valence-corrected chi connectivity index (χ0v) is 19.9. The third kappa shape index (κ3) is 9.43. The standard InChI is InChI=1S/C21H36N4O2.HI/c1-4-13-27-20-8-6-7-19(16-20)9-10-23-21(22-5-2)24-17-18(3)25-11-14-26-15-12-25;/h6-8,16,18H,4-5,9-15,17H2,1-3H3,(H2,22,23,24);1H. The molecule has 1 heterocycles. The molecule has 1 aliphatic heterocycles. The van der Waals surface area contributed by atoms with Gasteiger partial charge in [0.05, 0.1) is 26.4 Å². The predicted molar refractivity (Wildman–Crippen MR) is 127 cm³/mol. The minimum absolute atomic E-state index is 0. The van der Waals surface area contributed by atoms with E-state index in [2.05, 4.69) is 54.5 Å². The first-order valence-corrected chi connectivity index (χ1v) is 10.3. The fraction of sp³-hybridized carbons (Fsp3) is 0.667. The summed E-state index contributed by atoms with van der Waals surface area (Å²) in [6.07, 6.45) is 1.96. The van der Waals surface area contributed by atoms with Crippen LogP contribution in [0, 0.1) is 0 Å². The lowest BCUT2D eigenvalue weighted by Gasteiger charge is -2.31. The van der Waals surface area contributed by atoms with E-state index in [1.54, 1.807) is 0 Å². The van der Waals surface area contributed by atoms with Gasteiger partial charge in [-0.25, -0.2) is 0 Å². The minimum atomic E-state index is 0. The molecule has 2 rings (SSSR count). The summed E-state index contributed by atoms with van der Waals surface area (Å²) in [5, 5.41) is 6.78. The lowest BCUT2D eigenvalue weighted by atomic mass is 10.1. The summed E-state index contributed by atoms with van der Waals surface area (Å²) in [4.78, 5) is 7.21. The van der Waals surface area contributed by atoms with Crippen LogP contribution < -0.4 is 15.4 Å². The van der Waals surface area contributed by atoms with Crippen molar-refractivity contribution in [3.05, 3.63) is 29.8 Å². The summed E-state index contributed by atoms with van der Waals surface area (Å²) in [7, 11) is 0. The van der Waals surface area contributed by atoms with E-state index >= 15 is 0 Å². The topological polar surface area (TPSA) is 58.1 Å². The second-order valence-corrected chi connectivity index (χ2v) is 6.89. The van der Waals surface area contributed by atoms with Crippen molar-refractivity contribution < 1.29 is 9.47 Å². The van der Waals surface area contributed by atoms with Crippen molar-refractivity contribution in [1.29, 1.82) is 0 Å². The number of ether oxygens (including phenoxy) is 2. The molecule has 2 N–H and O–H groups in total. The van der Waals surface area contributed by atoms with E-state index in [4.69, 9.17) is 14.5 Å². The number of aliphatic imine (C=N–C) groups is 1. The van der Waals surface area contributed by atoms with Crippen molar-refractivity contribution in [1.82, 2.24) is 15.5 Å². The largest absolute Gasteiger partial charge is 0.494 e. The molecule has 0 radical (unpaired) electrons. The molecular formula is C21H37IN4O2. The molecule has 7 heteroatoms. The monoisotopic (exact) mass is 504 g/mol. The van der Waals surface area contributed by atoms with Gasteiger partial charge in [0, 0.05) is 32.2 Å². The maximum Gasteiger partial charge on any atom is 0.191 e. The normalized spacial score (nSPS) is 16.2. The highest BCUT2D eigenvalue weighted by Gasteiger charge is 2.16. The third-order valence-corrected chi connectivity index (χ3v) is 4.60. The van der Waals surface area contributed by atoms with Gasteiger partial charge in [-0.05, 0) is 44.4 Å². The molecule has 0 aliphatic carbocycles. The third-order valence-electron chi connectivity index (χ3n) is 4.60. The van der Waals surface area contributed by atoms with Gasteiger partial charge < -0.3 is 20.1 Å². The van der Waals surface area contributed by atoms with Crippen LogP contribution in [0.15, 0.2) is 29.3 Å². The van der Waals surface area contributed by atoms with E-state index in [1.165, 1.54) is 5.56 Å². The maximum absolute atomic E-state index is 5.71. The Morgan fingerprint density at radius 3 is 2.75 bits per heavy atom.